The van der Waals surface area contributed by atoms with Crippen molar-refractivity contribution in [3.63, 3.8) is 0 Å². The van der Waals surface area contributed by atoms with Gasteiger partial charge in [-0.2, -0.15) is 0 Å². The summed E-state index contributed by atoms with van der Waals surface area (Å²) in [5.74, 6) is 2.74. The highest BCUT2D eigenvalue weighted by Crippen LogP contribution is 2.39. The van der Waals surface area contributed by atoms with Crippen LogP contribution in [0.3, 0.4) is 0 Å². The van der Waals surface area contributed by atoms with Gasteiger partial charge in [0.1, 0.15) is 15.8 Å². The number of rotatable bonds is 5. The van der Waals surface area contributed by atoms with Crippen LogP contribution in [0.2, 0.25) is 0 Å². The minimum atomic E-state index is 0.188. The van der Waals surface area contributed by atoms with E-state index in [1.165, 1.54) is 11.1 Å². The van der Waals surface area contributed by atoms with Crippen LogP contribution >= 0.6 is 23.5 Å². The second-order valence-corrected chi connectivity index (χ2v) is 8.93. The monoisotopic (exact) mass is 416 g/mol. The zero-order valence-corrected chi connectivity index (χ0v) is 17.4. The molecular weight excluding hydrogens is 396 g/mol. The molecule has 2 aliphatic heterocycles. The molecule has 0 unspecified atom stereocenters. The summed E-state index contributed by atoms with van der Waals surface area (Å²) < 4.78 is 5.60. The van der Waals surface area contributed by atoms with Crippen molar-refractivity contribution in [3.05, 3.63) is 102 Å². The lowest BCUT2D eigenvalue weighted by Crippen LogP contribution is -2.04. The average molecular weight is 417 g/mol. The summed E-state index contributed by atoms with van der Waals surface area (Å²) in [6, 6.07) is 25.3. The van der Waals surface area contributed by atoms with E-state index in [9.17, 15) is 0 Å². The Labute approximate surface area is 179 Å². The van der Waals surface area contributed by atoms with Crippen molar-refractivity contribution in [2.45, 2.75) is 12.1 Å². The maximum absolute atomic E-state index is 5.60. The molecule has 0 fully saturated rings. The Bertz CT molecular complexity index is 989. The molecule has 0 bridgehead atoms. The number of hydrogen-bond acceptors (Lipinski definition) is 5. The maximum atomic E-state index is 5.60. The van der Waals surface area contributed by atoms with Crippen molar-refractivity contribution in [1.29, 1.82) is 0 Å². The molecule has 29 heavy (non-hydrogen) atoms. The van der Waals surface area contributed by atoms with Crippen LogP contribution in [0, 0.1) is 0 Å². The van der Waals surface area contributed by atoms with Gasteiger partial charge >= 0.3 is 0 Å². The van der Waals surface area contributed by atoms with Crippen molar-refractivity contribution in [2.75, 3.05) is 11.5 Å². The zero-order chi connectivity index (χ0) is 19.5. The number of nitrogens with zero attached hydrogens (tertiary/aromatic N) is 2. The molecule has 144 valence electrons. The van der Waals surface area contributed by atoms with Crippen LogP contribution in [-0.4, -0.2) is 21.6 Å². The summed E-state index contributed by atoms with van der Waals surface area (Å²) >= 11 is 3.61. The summed E-state index contributed by atoms with van der Waals surface area (Å²) in [7, 11) is 0. The molecule has 0 N–H and O–H groups in total. The Balaban J connectivity index is 1.49. The van der Waals surface area contributed by atoms with E-state index in [-0.39, 0.29) is 12.1 Å². The third-order valence-electron chi connectivity index (χ3n) is 4.96. The molecule has 0 amide bonds. The molecule has 3 heterocycles. The highest BCUT2D eigenvalue weighted by Gasteiger charge is 2.29. The van der Waals surface area contributed by atoms with Crippen LogP contribution in [-0.2, 0) is 0 Å². The van der Waals surface area contributed by atoms with E-state index in [0.29, 0.717) is 0 Å². The first kappa shape index (κ1) is 18.5. The molecule has 5 heteroatoms. The standard InChI is InChI=1S/C24H20N2OS2/c1-3-8-17(9-4-1)21-15-28-23(25-21)20(14-19-12-7-13-27-19)24-26-22(16-29-24)18-10-5-2-6-11-18/h1-14,21-22H,15-16H2/t21-,22-/m1/s1. The van der Waals surface area contributed by atoms with Crippen molar-refractivity contribution >= 4 is 39.7 Å². The lowest BCUT2D eigenvalue weighted by atomic mass is 10.1. The molecule has 0 saturated carbocycles. The molecular formula is C24H20N2OS2. The van der Waals surface area contributed by atoms with Gasteiger partial charge in [0.2, 0.25) is 0 Å². The lowest BCUT2D eigenvalue weighted by molar-refractivity contribution is 0.557. The van der Waals surface area contributed by atoms with Gasteiger partial charge in [0.05, 0.1) is 18.3 Å². The third kappa shape index (κ3) is 4.11. The summed E-state index contributed by atoms with van der Waals surface area (Å²) in [5, 5.41) is 2.10. The van der Waals surface area contributed by atoms with Crippen LogP contribution in [0.25, 0.3) is 6.08 Å². The van der Waals surface area contributed by atoms with E-state index >= 15 is 0 Å². The smallest absolute Gasteiger partial charge is 0.127 e. The molecule has 2 atom stereocenters. The molecule has 2 aromatic carbocycles. The Morgan fingerprint density at radius 1 is 0.759 bits per heavy atom. The highest BCUT2D eigenvalue weighted by molar-refractivity contribution is 8.17. The van der Waals surface area contributed by atoms with Crippen LogP contribution in [0.15, 0.2) is 99.0 Å². The van der Waals surface area contributed by atoms with E-state index in [1.807, 2.05) is 24.3 Å². The van der Waals surface area contributed by atoms with Gasteiger partial charge in [-0.1, -0.05) is 60.7 Å². The molecule has 0 aliphatic carbocycles. The fraction of sp³-hybridized carbons (Fsp3) is 0.167. The molecule has 1 aromatic heterocycles. The topological polar surface area (TPSA) is 37.9 Å². The van der Waals surface area contributed by atoms with Crippen LogP contribution in [0.4, 0.5) is 0 Å². The Hall–Kier alpha value is -2.50. The molecule has 5 rings (SSSR count). The number of aliphatic imine (C=N–C) groups is 2. The molecule has 0 saturated heterocycles. The van der Waals surface area contributed by atoms with Gasteiger partial charge in [-0.25, -0.2) is 0 Å². The quantitative estimate of drug-likeness (QED) is 0.480. The van der Waals surface area contributed by atoms with E-state index in [0.717, 1.165) is 32.9 Å². The SMILES string of the molecule is C(=C(C1=N[C@@H](c2ccccc2)CS1)C1=N[C@@H](c2ccccc2)CS1)c1ccco1. The Morgan fingerprint density at radius 3 is 1.79 bits per heavy atom. The third-order valence-corrected chi connectivity index (χ3v) is 7.12. The number of furan rings is 1. The van der Waals surface area contributed by atoms with Crippen molar-refractivity contribution in [1.82, 2.24) is 0 Å². The van der Waals surface area contributed by atoms with Crippen molar-refractivity contribution in [3.8, 4) is 0 Å². The second-order valence-electron chi connectivity index (χ2n) is 6.92. The molecule has 3 nitrogen and oxygen atoms in total. The van der Waals surface area contributed by atoms with Crippen LogP contribution in [0.1, 0.15) is 29.0 Å². The number of thioether (sulfide) groups is 2. The predicted octanol–water partition coefficient (Wildman–Crippen LogP) is 6.44. The molecule has 0 radical (unpaired) electrons. The first-order chi connectivity index (χ1) is 14.4. The van der Waals surface area contributed by atoms with Gasteiger partial charge in [0.15, 0.2) is 0 Å². The largest absolute Gasteiger partial charge is 0.465 e. The summed E-state index contributed by atoms with van der Waals surface area (Å²) in [6.07, 6.45) is 3.79. The summed E-state index contributed by atoms with van der Waals surface area (Å²) in [4.78, 5) is 10.1. The minimum Gasteiger partial charge on any atom is -0.465 e. The molecule has 0 spiro atoms. The van der Waals surface area contributed by atoms with Crippen LogP contribution < -0.4 is 0 Å². The van der Waals surface area contributed by atoms with Gasteiger partial charge < -0.3 is 4.42 Å². The van der Waals surface area contributed by atoms with E-state index in [2.05, 4.69) is 54.6 Å². The van der Waals surface area contributed by atoms with E-state index in [4.69, 9.17) is 14.4 Å². The average Bonchev–Trinajstić information content (AvgIpc) is 3.55. The van der Waals surface area contributed by atoms with E-state index in [1.54, 1.807) is 29.8 Å². The Morgan fingerprint density at radius 2 is 1.31 bits per heavy atom. The highest BCUT2D eigenvalue weighted by atomic mass is 32.2. The molecule has 3 aromatic rings. The van der Waals surface area contributed by atoms with Crippen molar-refractivity contribution < 1.29 is 4.42 Å². The number of hydrogen-bond donors (Lipinski definition) is 0. The normalized spacial score (nSPS) is 21.0. The van der Waals surface area contributed by atoms with Gasteiger partial charge in [-0.05, 0) is 29.3 Å². The summed E-state index contributed by atoms with van der Waals surface area (Å²) in [5.41, 5.74) is 3.60. The zero-order valence-electron chi connectivity index (χ0n) is 15.8. The first-order valence-corrected chi connectivity index (χ1v) is 11.6. The van der Waals surface area contributed by atoms with Gasteiger partial charge in [0, 0.05) is 17.1 Å². The van der Waals surface area contributed by atoms with E-state index < -0.39 is 0 Å². The minimum absolute atomic E-state index is 0.188. The summed E-state index contributed by atoms with van der Waals surface area (Å²) in [6.45, 7) is 0. The lowest BCUT2D eigenvalue weighted by Gasteiger charge is -2.06. The van der Waals surface area contributed by atoms with Crippen molar-refractivity contribution in [2.24, 2.45) is 9.98 Å². The fourth-order valence-electron chi connectivity index (χ4n) is 3.46. The second kappa shape index (κ2) is 8.47. The fourth-order valence-corrected chi connectivity index (χ4v) is 5.72. The predicted molar refractivity (Wildman–Crippen MR) is 125 cm³/mol. The number of benzene rings is 2. The Kier molecular flexibility index (Phi) is 5.41. The van der Waals surface area contributed by atoms with Gasteiger partial charge in [-0.15, -0.1) is 23.5 Å². The van der Waals surface area contributed by atoms with Gasteiger partial charge in [0.25, 0.3) is 0 Å². The van der Waals surface area contributed by atoms with Crippen LogP contribution in [0.5, 0.6) is 0 Å². The van der Waals surface area contributed by atoms with Gasteiger partial charge in [-0.3, -0.25) is 9.98 Å². The maximum Gasteiger partial charge on any atom is 0.127 e. The first-order valence-electron chi connectivity index (χ1n) is 9.64. The molecule has 2 aliphatic rings.